The standard InChI is InChI=1S/C33H28N2O5/c1-39-21-16-14-20(15-17-21)31-27(26-12-6-7-13-29(26)34-31)18-30(32(36)37)35-33(38)40-19-28-24-10-4-2-8-22(24)23-9-3-5-11-25(23)28/h2-17,28,30,34H,18-19H2,1H3,(H,35,38)(H,36,37). The number of methoxy groups -OCH3 is 1. The number of alkyl carbamates (subject to hydrolysis) is 1. The summed E-state index contributed by atoms with van der Waals surface area (Å²) in [6.07, 6.45) is -0.689. The van der Waals surface area contributed by atoms with E-state index < -0.39 is 18.1 Å². The first-order chi connectivity index (χ1) is 19.5. The van der Waals surface area contributed by atoms with Crippen LogP contribution in [0.5, 0.6) is 5.75 Å². The Labute approximate surface area is 231 Å². The lowest BCUT2D eigenvalue weighted by molar-refractivity contribution is -0.139. The molecular weight excluding hydrogens is 504 g/mol. The maximum Gasteiger partial charge on any atom is 0.407 e. The Morgan fingerprint density at radius 3 is 2.15 bits per heavy atom. The molecule has 1 heterocycles. The van der Waals surface area contributed by atoms with E-state index in [1.54, 1.807) is 7.11 Å². The quantitative estimate of drug-likeness (QED) is 0.215. The van der Waals surface area contributed by atoms with E-state index in [2.05, 4.69) is 22.4 Å². The molecule has 0 bridgehead atoms. The molecule has 1 amide bonds. The monoisotopic (exact) mass is 532 g/mol. The van der Waals surface area contributed by atoms with Gasteiger partial charge in [-0.2, -0.15) is 0 Å². The number of carboxylic acids is 1. The number of H-pyrrole nitrogens is 1. The summed E-state index contributed by atoms with van der Waals surface area (Å²) in [4.78, 5) is 28.7. The number of carbonyl (C=O) groups excluding carboxylic acids is 1. The molecular formula is C33H28N2O5. The van der Waals surface area contributed by atoms with Crippen LogP contribution in [0.3, 0.4) is 0 Å². The number of hydrogen-bond donors (Lipinski definition) is 3. The first kappa shape index (κ1) is 25.2. The van der Waals surface area contributed by atoms with Crippen molar-refractivity contribution in [2.75, 3.05) is 13.7 Å². The van der Waals surface area contributed by atoms with Crippen LogP contribution in [0.25, 0.3) is 33.3 Å². The Kier molecular flexibility index (Phi) is 6.70. The third kappa shape index (κ3) is 4.66. The number of benzene rings is 4. The van der Waals surface area contributed by atoms with Crippen molar-refractivity contribution in [1.82, 2.24) is 10.3 Å². The molecule has 0 spiro atoms. The summed E-state index contributed by atoms with van der Waals surface area (Å²) in [6, 6.07) is 30.2. The van der Waals surface area contributed by atoms with Crippen molar-refractivity contribution in [3.63, 3.8) is 0 Å². The predicted molar refractivity (Wildman–Crippen MR) is 154 cm³/mol. The highest BCUT2D eigenvalue weighted by Gasteiger charge is 2.30. The number of fused-ring (bicyclic) bond motifs is 4. The Hall–Kier alpha value is -5.04. The van der Waals surface area contributed by atoms with Gasteiger partial charge in [0.15, 0.2) is 0 Å². The Morgan fingerprint density at radius 1 is 0.875 bits per heavy atom. The van der Waals surface area contributed by atoms with E-state index in [0.717, 1.165) is 55.7 Å². The van der Waals surface area contributed by atoms with Gasteiger partial charge in [-0.25, -0.2) is 9.59 Å². The summed E-state index contributed by atoms with van der Waals surface area (Å²) in [5, 5.41) is 13.6. The number of hydrogen-bond acceptors (Lipinski definition) is 4. The van der Waals surface area contributed by atoms with E-state index in [-0.39, 0.29) is 18.9 Å². The molecule has 5 aromatic rings. The zero-order chi connectivity index (χ0) is 27.6. The molecule has 4 aromatic carbocycles. The van der Waals surface area contributed by atoms with Gasteiger partial charge < -0.3 is 24.9 Å². The second kappa shape index (κ2) is 10.6. The number of nitrogens with one attached hydrogen (secondary N) is 2. The minimum atomic E-state index is -1.19. The van der Waals surface area contributed by atoms with E-state index >= 15 is 0 Å². The van der Waals surface area contributed by atoms with Crippen LogP contribution >= 0.6 is 0 Å². The molecule has 0 fully saturated rings. The van der Waals surface area contributed by atoms with Crippen LogP contribution in [-0.2, 0) is 16.0 Å². The zero-order valence-electron chi connectivity index (χ0n) is 21.9. The topological polar surface area (TPSA) is 101 Å². The van der Waals surface area contributed by atoms with Crippen LogP contribution in [0.2, 0.25) is 0 Å². The van der Waals surface area contributed by atoms with Gasteiger partial charge in [0.2, 0.25) is 0 Å². The maximum absolute atomic E-state index is 12.9. The average molecular weight is 533 g/mol. The van der Waals surface area contributed by atoms with Crippen LogP contribution < -0.4 is 10.1 Å². The smallest absolute Gasteiger partial charge is 0.407 e. The lowest BCUT2D eigenvalue weighted by Crippen LogP contribution is -2.43. The molecule has 0 saturated heterocycles. The van der Waals surface area contributed by atoms with Crippen molar-refractivity contribution in [3.8, 4) is 28.1 Å². The largest absolute Gasteiger partial charge is 0.497 e. The van der Waals surface area contributed by atoms with E-state index in [0.29, 0.717) is 0 Å². The van der Waals surface area contributed by atoms with Crippen LogP contribution in [0.15, 0.2) is 97.1 Å². The molecule has 6 rings (SSSR count). The number of aromatic nitrogens is 1. The van der Waals surface area contributed by atoms with Crippen LogP contribution in [-0.4, -0.2) is 41.9 Å². The molecule has 1 aliphatic rings. The van der Waals surface area contributed by atoms with E-state index in [1.165, 1.54) is 0 Å². The molecule has 200 valence electrons. The molecule has 0 aliphatic heterocycles. The molecule has 3 N–H and O–H groups in total. The number of carboxylic acid groups (broad SMARTS) is 1. The van der Waals surface area contributed by atoms with Gasteiger partial charge in [0.1, 0.15) is 18.4 Å². The summed E-state index contributed by atoms with van der Waals surface area (Å²) >= 11 is 0. The lowest BCUT2D eigenvalue weighted by atomic mass is 9.98. The fourth-order valence-electron chi connectivity index (χ4n) is 5.60. The SMILES string of the molecule is COc1ccc(-c2[nH]c3ccccc3c2CC(NC(=O)OCC2c3ccccc3-c3ccccc32)C(=O)O)cc1. The number of amides is 1. The number of carbonyl (C=O) groups is 2. The third-order valence-corrected chi connectivity index (χ3v) is 7.53. The molecule has 0 radical (unpaired) electrons. The molecule has 1 atom stereocenters. The number of ether oxygens (including phenoxy) is 2. The van der Waals surface area contributed by atoms with Gasteiger partial charge in [-0.1, -0.05) is 66.7 Å². The van der Waals surface area contributed by atoms with Gasteiger partial charge in [-0.3, -0.25) is 0 Å². The Morgan fingerprint density at radius 2 is 1.50 bits per heavy atom. The maximum atomic E-state index is 12.9. The third-order valence-electron chi connectivity index (χ3n) is 7.53. The van der Waals surface area contributed by atoms with Crippen molar-refractivity contribution >= 4 is 23.0 Å². The lowest BCUT2D eigenvalue weighted by Gasteiger charge is -2.18. The minimum Gasteiger partial charge on any atom is -0.497 e. The van der Waals surface area contributed by atoms with E-state index in [4.69, 9.17) is 9.47 Å². The van der Waals surface area contributed by atoms with Gasteiger partial charge in [0, 0.05) is 28.9 Å². The fourth-order valence-corrected chi connectivity index (χ4v) is 5.60. The molecule has 1 aliphatic carbocycles. The van der Waals surface area contributed by atoms with Crippen molar-refractivity contribution in [3.05, 3.63) is 114 Å². The van der Waals surface area contributed by atoms with Gasteiger partial charge in [0.25, 0.3) is 0 Å². The van der Waals surface area contributed by atoms with Crippen LogP contribution in [0.1, 0.15) is 22.6 Å². The molecule has 7 nitrogen and oxygen atoms in total. The van der Waals surface area contributed by atoms with Crippen LogP contribution in [0.4, 0.5) is 4.79 Å². The first-order valence-corrected chi connectivity index (χ1v) is 13.1. The van der Waals surface area contributed by atoms with E-state index in [9.17, 15) is 14.7 Å². The van der Waals surface area contributed by atoms with Crippen molar-refractivity contribution in [2.45, 2.75) is 18.4 Å². The van der Waals surface area contributed by atoms with Crippen molar-refractivity contribution < 1.29 is 24.2 Å². The highest BCUT2D eigenvalue weighted by Crippen LogP contribution is 2.44. The normalized spacial score (nSPS) is 12.9. The summed E-state index contributed by atoms with van der Waals surface area (Å²) in [6.45, 7) is 0.108. The molecule has 0 saturated carbocycles. The average Bonchev–Trinajstić information content (AvgIpc) is 3.51. The summed E-state index contributed by atoms with van der Waals surface area (Å²) in [5.74, 6) is -0.530. The number of rotatable bonds is 8. The summed E-state index contributed by atoms with van der Waals surface area (Å²) in [7, 11) is 1.61. The molecule has 7 heteroatoms. The van der Waals surface area contributed by atoms with Gasteiger partial charge in [-0.15, -0.1) is 0 Å². The minimum absolute atomic E-state index is 0.0743. The first-order valence-electron chi connectivity index (χ1n) is 13.1. The molecule has 1 aromatic heterocycles. The van der Waals surface area contributed by atoms with Gasteiger partial charge in [0.05, 0.1) is 7.11 Å². The Bertz CT molecular complexity index is 1660. The number of aliphatic carboxylic acids is 1. The summed E-state index contributed by atoms with van der Waals surface area (Å²) in [5.41, 5.74) is 7.80. The van der Waals surface area contributed by atoms with E-state index in [1.807, 2.05) is 84.9 Å². The second-order valence-electron chi connectivity index (χ2n) is 9.82. The zero-order valence-corrected chi connectivity index (χ0v) is 21.9. The van der Waals surface area contributed by atoms with Crippen LogP contribution in [0, 0.1) is 0 Å². The number of aromatic amines is 1. The van der Waals surface area contributed by atoms with Crippen molar-refractivity contribution in [2.24, 2.45) is 0 Å². The fraction of sp³-hybridized carbons (Fsp3) is 0.152. The highest BCUT2D eigenvalue weighted by molar-refractivity contribution is 5.92. The van der Waals surface area contributed by atoms with Gasteiger partial charge in [-0.05, 0) is 63.7 Å². The summed E-state index contributed by atoms with van der Waals surface area (Å²) < 4.78 is 10.9. The Balaban J connectivity index is 1.22. The van der Waals surface area contributed by atoms with Gasteiger partial charge >= 0.3 is 12.1 Å². The van der Waals surface area contributed by atoms with Crippen molar-refractivity contribution in [1.29, 1.82) is 0 Å². The molecule has 40 heavy (non-hydrogen) atoms. The molecule has 1 unspecified atom stereocenters. The number of para-hydroxylation sites is 1. The highest BCUT2D eigenvalue weighted by atomic mass is 16.5. The predicted octanol–water partition coefficient (Wildman–Crippen LogP) is 6.38. The second-order valence-corrected chi connectivity index (χ2v) is 9.82.